The van der Waals surface area contributed by atoms with Gasteiger partial charge < -0.3 is 14.2 Å². The van der Waals surface area contributed by atoms with Crippen molar-refractivity contribution in [3.8, 4) is 0 Å². The maximum atomic E-state index is 12.6. The van der Waals surface area contributed by atoms with Crippen molar-refractivity contribution in [1.82, 2.24) is 0 Å². The summed E-state index contributed by atoms with van der Waals surface area (Å²) in [5.74, 6) is 0.309. The number of unbranched alkanes of at least 4 members (excludes halogenated alkanes) is 14. The maximum absolute atomic E-state index is 12.6. The fourth-order valence-corrected chi connectivity index (χ4v) is 6.90. The summed E-state index contributed by atoms with van der Waals surface area (Å²) in [7, 11) is 0. The van der Waals surface area contributed by atoms with E-state index in [1.54, 1.807) is 0 Å². The van der Waals surface area contributed by atoms with Crippen LogP contribution < -0.4 is 0 Å². The molecule has 0 aromatic heterocycles. The molecule has 0 amide bonds. The van der Waals surface area contributed by atoms with E-state index < -0.39 is 0 Å². The molecule has 0 radical (unpaired) electrons. The molecule has 0 spiro atoms. The second-order valence-electron chi connectivity index (χ2n) is 14.7. The number of esters is 3. The van der Waals surface area contributed by atoms with Gasteiger partial charge in [-0.3, -0.25) is 14.4 Å². The molecule has 0 atom stereocenters. The third kappa shape index (κ3) is 23.6. The Labute approximate surface area is 300 Å². The van der Waals surface area contributed by atoms with Crippen LogP contribution in [0.4, 0.5) is 0 Å². The quantitative estimate of drug-likeness (QED) is 0.0456. The largest absolute Gasteiger partial charge is 0.465 e. The van der Waals surface area contributed by atoms with Crippen LogP contribution in [-0.4, -0.2) is 30.6 Å². The molecule has 2 rings (SSSR count). The van der Waals surface area contributed by atoms with E-state index in [1.807, 2.05) is 24.3 Å². The topological polar surface area (TPSA) is 78.9 Å². The lowest BCUT2D eigenvalue weighted by Gasteiger charge is -2.21. The summed E-state index contributed by atoms with van der Waals surface area (Å²) in [6, 6.07) is 7.64. The Kier molecular flexibility index (Phi) is 25.7. The summed E-state index contributed by atoms with van der Waals surface area (Å²) in [6.07, 6.45) is 30.5. The lowest BCUT2D eigenvalue weighted by molar-refractivity contribution is -0.150. The first-order chi connectivity index (χ1) is 24.0. The fourth-order valence-electron chi connectivity index (χ4n) is 6.90. The number of hydrogen-bond donors (Lipinski definition) is 0. The van der Waals surface area contributed by atoms with Gasteiger partial charge in [0.1, 0.15) is 12.7 Å². The summed E-state index contributed by atoms with van der Waals surface area (Å²) in [5, 5.41) is 0. The van der Waals surface area contributed by atoms with E-state index >= 15 is 0 Å². The maximum Gasteiger partial charge on any atom is 0.310 e. The summed E-state index contributed by atoms with van der Waals surface area (Å²) < 4.78 is 16.9. The number of hydrogen-bond acceptors (Lipinski definition) is 6. The fraction of sp³-hybridized carbons (Fsp3) is 0.791. The zero-order valence-electron chi connectivity index (χ0n) is 31.6. The van der Waals surface area contributed by atoms with E-state index in [4.69, 9.17) is 14.2 Å². The van der Waals surface area contributed by atoms with Crippen LogP contribution >= 0.6 is 0 Å². The van der Waals surface area contributed by atoms with Crippen molar-refractivity contribution in [3.05, 3.63) is 35.4 Å². The van der Waals surface area contributed by atoms with Crippen molar-refractivity contribution in [2.45, 2.75) is 206 Å². The van der Waals surface area contributed by atoms with Crippen LogP contribution in [0.25, 0.3) is 0 Å². The minimum absolute atomic E-state index is 0.0385. The molecule has 0 heterocycles. The van der Waals surface area contributed by atoms with Gasteiger partial charge in [-0.1, -0.05) is 154 Å². The van der Waals surface area contributed by atoms with Gasteiger partial charge >= 0.3 is 17.9 Å². The molecule has 1 aliphatic carbocycles. The van der Waals surface area contributed by atoms with Gasteiger partial charge in [-0.05, 0) is 62.0 Å². The number of carbonyl (C=O) groups excluding carboxylic acids is 3. The van der Waals surface area contributed by atoms with E-state index in [0.29, 0.717) is 25.4 Å². The molecule has 1 fully saturated rings. The number of ether oxygens (including phenoxy) is 3. The first-order valence-corrected chi connectivity index (χ1v) is 20.6. The average Bonchev–Trinajstić information content (AvgIpc) is 3.10. The summed E-state index contributed by atoms with van der Waals surface area (Å²) in [4.78, 5) is 37.1. The van der Waals surface area contributed by atoms with E-state index in [-0.39, 0.29) is 37.0 Å². The average molecular weight is 685 g/mol. The first kappa shape index (κ1) is 42.8. The Balaban J connectivity index is 1.51. The van der Waals surface area contributed by atoms with Gasteiger partial charge in [0.05, 0.1) is 13.0 Å². The van der Waals surface area contributed by atoms with Crippen LogP contribution in [0.5, 0.6) is 0 Å². The van der Waals surface area contributed by atoms with Gasteiger partial charge in [0.25, 0.3) is 0 Å². The molecule has 280 valence electrons. The Morgan fingerprint density at radius 3 is 1.69 bits per heavy atom. The molecular formula is C43H72O6. The highest BCUT2D eigenvalue weighted by molar-refractivity contribution is 5.72. The van der Waals surface area contributed by atoms with Gasteiger partial charge in [0, 0.05) is 12.8 Å². The van der Waals surface area contributed by atoms with Crippen molar-refractivity contribution in [3.63, 3.8) is 0 Å². The predicted molar refractivity (Wildman–Crippen MR) is 200 cm³/mol. The molecule has 6 heteroatoms. The van der Waals surface area contributed by atoms with Crippen molar-refractivity contribution < 1.29 is 28.6 Å². The standard InChI is InChI=1S/C43H72O6/c1-3-5-7-9-12-19-25-40(26-20-13-10-8-6-4-2)49-42(45)28-22-15-11-14-21-27-41(44)48-36-39-31-29-38(30-32-39)35-43(46)47-34-33-37-23-17-16-18-24-37/h29-32,37,40H,3-28,33-36H2,1-2H3. The molecule has 1 aromatic rings. The second kappa shape index (κ2) is 29.4. The molecular weight excluding hydrogens is 612 g/mol. The zero-order chi connectivity index (χ0) is 35.2. The molecule has 1 aromatic carbocycles. The van der Waals surface area contributed by atoms with Gasteiger partial charge in [-0.15, -0.1) is 0 Å². The molecule has 1 aliphatic rings. The molecule has 0 unspecified atom stereocenters. The van der Waals surface area contributed by atoms with Crippen LogP contribution in [0.15, 0.2) is 24.3 Å². The molecule has 49 heavy (non-hydrogen) atoms. The minimum Gasteiger partial charge on any atom is -0.465 e. The Morgan fingerprint density at radius 1 is 0.592 bits per heavy atom. The molecule has 1 saturated carbocycles. The molecule has 6 nitrogen and oxygen atoms in total. The Hall–Kier alpha value is -2.37. The van der Waals surface area contributed by atoms with Crippen molar-refractivity contribution >= 4 is 17.9 Å². The van der Waals surface area contributed by atoms with Crippen molar-refractivity contribution in [2.24, 2.45) is 5.92 Å². The van der Waals surface area contributed by atoms with Crippen LogP contribution in [-0.2, 0) is 41.6 Å². The van der Waals surface area contributed by atoms with Crippen LogP contribution in [0.3, 0.4) is 0 Å². The molecule has 0 bridgehead atoms. The lowest BCUT2D eigenvalue weighted by atomic mass is 9.87. The number of rotatable bonds is 30. The van der Waals surface area contributed by atoms with Gasteiger partial charge in [0.2, 0.25) is 0 Å². The third-order valence-electron chi connectivity index (χ3n) is 10.1. The monoisotopic (exact) mass is 685 g/mol. The highest BCUT2D eigenvalue weighted by Crippen LogP contribution is 2.26. The van der Waals surface area contributed by atoms with E-state index in [0.717, 1.165) is 75.3 Å². The highest BCUT2D eigenvalue weighted by atomic mass is 16.5. The number of benzene rings is 1. The Morgan fingerprint density at radius 2 is 1.10 bits per heavy atom. The van der Waals surface area contributed by atoms with Crippen molar-refractivity contribution in [1.29, 1.82) is 0 Å². The zero-order valence-corrected chi connectivity index (χ0v) is 31.6. The number of carbonyl (C=O) groups is 3. The van der Waals surface area contributed by atoms with Gasteiger partial charge in [0.15, 0.2) is 0 Å². The minimum atomic E-state index is -0.184. The van der Waals surface area contributed by atoms with Crippen LogP contribution in [0.2, 0.25) is 0 Å². The summed E-state index contributed by atoms with van der Waals surface area (Å²) >= 11 is 0. The second-order valence-corrected chi connectivity index (χ2v) is 14.7. The van der Waals surface area contributed by atoms with E-state index in [2.05, 4.69) is 13.8 Å². The Bertz CT molecular complexity index is 951. The molecule has 0 aliphatic heterocycles. The highest BCUT2D eigenvalue weighted by Gasteiger charge is 2.16. The molecule has 0 saturated heterocycles. The predicted octanol–water partition coefficient (Wildman–Crippen LogP) is 11.9. The summed E-state index contributed by atoms with van der Waals surface area (Å²) in [6.45, 7) is 5.26. The third-order valence-corrected chi connectivity index (χ3v) is 10.1. The van der Waals surface area contributed by atoms with Crippen LogP contribution in [0.1, 0.15) is 198 Å². The van der Waals surface area contributed by atoms with Gasteiger partial charge in [-0.2, -0.15) is 0 Å². The lowest BCUT2D eigenvalue weighted by Crippen LogP contribution is -2.18. The van der Waals surface area contributed by atoms with E-state index in [1.165, 1.54) is 96.3 Å². The summed E-state index contributed by atoms with van der Waals surface area (Å²) in [5.41, 5.74) is 1.82. The smallest absolute Gasteiger partial charge is 0.310 e. The van der Waals surface area contributed by atoms with Crippen molar-refractivity contribution in [2.75, 3.05) is 6.61 Å². The normalized spacial score (nSPS) is 13.4. The van der Waals surface area contributed by atoms with Crippen LogP contribution in [0, 0.1) is 5.92 Å². The van der Waals surface area contributed by atoms with E-state index in [9.17, 15) is 14.4 Å². The SMILES string of the molecule is CCCCCCCCC(CCCCCCCC)OC(=O)CCCCCCCC(=O)OCc1ccc(CC(=O)OCCC2CCCCC2)cc1. The first-order valence-electron chi connectivity index (χ1n) is 20.6. The van der Waals surface area contributed by atoms with Gasteiger partial charge in [-0.25, -0.2) is 0 Å². The molecule has 0 N–H and O–H groups in total.